The van der Waals surface area contributed by atoms with Gasteiger partial charge in [-0.25, -0.2) is 15.0 Å². The molecular formula is C53H36N4. The van der Waals surface area contributed by atoms with Crippen LogP contribution in [-0.2, 0) is 5.41 Å². The number of nitrogens with zero attached hydrogens (tertiary/aromatic N) is 4. The Morgan fingerprint density at radius 1 is 0.368 bits per heavy atom. The van der Waals surface area contributed by atoms with Crippen molar-refractivity contribution in [2.75, 3.05) is 0 Å². The van der Waals surface area contributed by atoms with E-state index in [0.29, 0.717) is 17.5 Å². The van der Waals surface area contributed by atoms with Gasteiger partial charge in [-0.05, 0) is 98.8 Å². The minimum Gasteiger partial charge on any atom is -0.256 e. The molecule has 9 aromatic rings. The van der Waals surface area contributed by atoms with E-state index in [1.807, 2.05) is 19.2 Å². The molecule has 2 heterocycles. The fourth-order valence-electron chi connectivity index (χ4n) is 9.44. The van der Waals surface area contributed by atoms with E-state index in [-0.39, 0.29) is 0 Å². The minimum atomic E-state index is -0.548. The van der Waals surface area contributed by atoms with Gasteiger partial charge in [-0.3, -0.25) is 4.98 Å². The Hall–Kier alpha value is -7.30. The second kappa shape index (κ2) is 12.9. The summed E-state index contributed by atoms with van der Waals surface area (Å²) in [6, 6.07) is 62.9. The number of aromatic nitrogens is 4. The molecule has 7 aromatic carbocycles. The van der Waals surface area contributed by atoms with E-state index in [0.717, 1.165) is 50.2 Å². The van der Waals surface area contributed by atoms with E-state index in [9.17, 15) is 0 Å². The summed E-state index contributed by atoms with van der Waals surface area (Å²) in [7, 11) is 0. The molecule has 0 saturated carbocycles. The smallest absolute Gasteiger partial charge is 0.164 e. The van der Waals surface area contributed by atoms with Crippen molar-refractivity contribution in [1.82, 2.24) is 19.9 Å². The van der Waals surface area contributed by atoms with Crippen molar-refractivity contribution in [2.24, 2.45) is 0 Å². The van der Waals surface area contributed by atoms with Crippen LogP contribution in [0.3, 0.4) is 0 Å². The van der Waals surface area contributed by atoms with Gasteiger partial charge in [0.05, 0.1) is 11.1 Å². The number of hydrogen-bond acceptors (Lipinski definition) is 4. The largest absolute Gasteiger partial charge is 0.256 e. The molecule has 2 aliphatic rings. The highest BCUT2D eigenvalue weighted by atomic mass is 15.0. The Balaban J connectivity index is 1.21. The number of pyridine rings is 1. The maximum atomic E-state index is 5.38. The summed E-state index contributed by atoms with van der Waals surface area (Å²) < 4.78 is 0. The van der Waals surface area contributed by atoms with Crippen LogP contribution in [0.4, 0.5) is 0 Å². The lowest BCUT2D eigenvalue weighted by Crippen LogP contribution is -2.26. The zero-order valence-corrected chi connectivity index (χ0v) is 31.6. The average Bonchev–Trinajstić information content (AvgIpc) is 3.74. The zero-order valence-electron chi connectivity index (χ0n) is 31.6. The Bertz CT molecular complexity index is 3000. The zero-order chi connectivity index (χ0) is 38.1. The van der Waals surface area contributed by atoms with Crippen molar-refractivity contribution >= 4 is 0 Å². The van der Waals surface area contributed by atoms with Crippen molar-refractivity contribution in [3.05, 3.63) is 216 Å². The van der Waals surface area contributed by atoms with Crippen LogP contribution in [0.25, 0.3) is 78.5 Å². The van der Waals surface area contributed by atoms with E-state index in [1.54, 1.807) is 0 Å². The van der Waals surface area contributed by atoms with E-state index < -0.39 is 5.41 Å². The molecule has 268 valence electrons. The fourth-order valence-corrected chi connectivity index (χ4v) is 9.44. The monoisotopic (exact) mass is 728 g/mol. The normalized spacial score (nSPS) is 12.9. The summed E-state index contributed by atoms with van der Waals surface area (Å²) in [6.07, 6.45) is 2.02. The summed E-state index contributed by atoms with van der Waals surface area (Å²) in [5.41, 5.74) is 18.8. The van der Waals surface area contributed by atoms with Crippen LogP contribution in [-0.4, -0.2) is 19.9 Å². The average molecular weight is 729 g/mol. The summed E-state index contributed by atoms with van der Waals surface area (Å²) in [5.74, 6) is 1.95. The standard InChI is InChI=1S/C53H36N4/c1-33-29-49(54-32-44(33)36-19-7-4-8-20-36)37-30-43(52-56-34(2)55-51(57-52)41-24-10-9-21-38(41)35-17-5-3-6-18-35)50-42-25-13-16-28-47(42)53(48(50)31-37)45-26-14-11-22-39(45)40-23-12-15-27-46(40)53/h3-32H,1-2H3. The first-order valence-electron chi connectivity index (χ1n) is 19.5. The van der Waals surface area contributed by atoms with Gasteiger partial charge in [0.1, 0.15) is 5.82 Å². The number of fused-ring (bicyclic) bond motifs is 10. The molecular weight excluding hydrogens is 693 g/mol. The molecule has 0 fully saturated rings. The second-order valence-corrected chi connectivity index (χ2v) is 15.0. The molecule has 2 aromatic heterocycles. The van der Waals surface area contributed by atoms with Crippen LogP contribution in [0.5, 0.6) is 0 Å². The number of aryl methyl sites for hydroxylation is 2. The van der Waals surface area contributed by atoms with Gasteiger partial charge >= 0.3 is 0 Å². The molecule has 0 unspecified atom stereocenters. The highest BCUT2D eigenvalue weighted by molar-refractivity contribution is 6.01. The van der Waals surface area contributed by atoms with Crippen LogP contribution in [0.15, 0.2) is 182 Å². The lowest BCUT2D eigenvalue weighted by atomic mass is 9.70. The third kappa shape index (κ3) is 5.00. The van der Waals surface area contributed by atoms with Gasteiger partial charge in [0.25, 0.3) is 0 Å². The van der Waals surface area contributed by atoms with Crippen molar-refractivity contribution in [2.45, 2.75) is 19.3 Å². The quantitative estimate of drug-likeness (QED) is 0.177. The molecule has 11 rings (SSSR count). The summed E-state index contributed by atoms with van der Waals surface area (Å²) in [6.45, 7) is 4.14. The fraction of sp³-hybridized carbons (Fsp3) is 0.0566. The van der Waals surface area contributed by atoms with Crippen LogP contribution in [0.2, 0.25) is 0 Å². The molecule has 0 atom stereocenters. The lowest BCUT2D eigenvalue weighted by Gasteiger charge is -2.31. The molecule has 4 nitrogen and oxygen atoms in total. The van der Waals surface area contributed by atoms with Gasteiger partial charge in [-0.2, -0.15) is 0 Å². The second-order valence-electron chi connectivity index (χ2n) is 15.0. The Labute approximate surface area is 332 Å². The van der Waals surface area contributed by atoms with Gasteiger partial charge in [0, 0.05) is 28.5 Å². The third-order valence-corrected chi connectivity index (χ3v) is 11.8. The van der Waals surface area contributed by atoms with Crippen LogP contribution < -0.4 is 0 Å². The number of hydrogen-bond donors (Lipinski definition) is 0. The first kappa shape index (κ1) is 33.1. The molecule has 0 radical (unpaired) electrons. The Morgan fingerprint density at radius 3 is 1.47 bits per heavy atom. The van der Waals surface area contributed by atoms with Gasteiger partial charge in [-0.15, -0.1) is 0 Å². The van der Waals surface area contributed by atoms with Gasteiger partial charge in [-0.1, -0.05) is 158 Å². The summed E-state index contributed by atoms with van der Waals surface area (Å²) in [5, 5.41) is 0. The lowest BCUT2D eigenvalue weighted by molar-refractivity contribution is 0.794. The molecule has 0 saturated heterocycles. The first-order chi connectivity index (χ1) is 28.1. The van der Waals surface area contributed by atoms with E-state index in [1.165, 1.54) is 44.5 Å². The first-order valence-corrected chi connectivity index (χ1v) is 19.5. The highest BCUT2D eigenvalue weighted by Crippen LogP contribution is 2.64. The number of benzene rings is 7. The molecule has 1 spiro atoms. The van der Waals surface area contributed by atoms with Gasteiger partial charge < -0.3 is 0 Å². The van der Waals surface area contributed by atoms with Crippen LogP contribution in [0, 0.1) is 13.8 Å². The topological polar surface area (TPSA) is 51.6 Å². The van der Waals surface area contributed by atoms with Gasteiger partial charge in [0.15, 0.2) is 11.6 Å². The molecule has 0 N–H and O–H groups in total. The van der Waals surface area contributed by atoms with Crippen molar-refractivity contribution in [1.29, 1.82) is 0 Å². The Morgan fingerprint density at radius 2 is 0.860 bits per heavy atom. The SMILES string of the molecule is Cc1nc(-c2ccccc2-c2ccccc2)nc(-c2cc(-c3cc(C)c(-c4ccccc4)cn3)cc3c2-c2ccccc2C32c3ccccc3-c3ccccc32)n1. The van der Waals surface area contributed by atoms with Crippen molar-refractivity contribution < 1.29 is 0 Å². The van der Waals surface area contributed by atoms with E-state index >= 15 is 0 Å². The van der Waals surface area contributed by atoms with Crippen molar-refractivity contribution in [3.63, 3.8) is 0 Å². The maximum absolute atomic E-state index is 5.38. The van der Waals surface area contributed by atoms with Crippen LogP contribution in [0.1, 0.15) is 33.6 Å². The highest BCUT2D eigenvalue weighted by Gasteiger charge is 2.52. The molecule has 0 aliphatic heterocycles. The summed E-state index contributed by atoms with van der Waals surface area (Å²) in [4.78, 5) is 20.7. The van der Waals surface area contributed by atoms with E-state index in [2.05, 4.69) is 177 Å². The molecule has 57 heavy (non-hydrogen) atoms. The number of rotatable bonds is 5. The molecule has 4 heteroatoms. The maximum Gasteiger partial charge on any atom is 0.164 e. The predicted octanol–water partition coefficient (Wildman–Crippen LogP) is 12.6. The summed E-state index contributed by atoms with van der Waals surface area (Å²) >= 11 is 0. The van der Waals surface area contributed by atoms with Gasteiger partial charge in [0.2, 0.25) is 0 Å². The molecule has 2 aliphatic carbocycles. The third-order valence-electron chi connectivity index (χ3n) is 11.8. The van der Waals surface area contributed by atoms with E-state index in [4.69, 9.17) is 19.9 Å². The predicted molar refractivity (Wildman–Crippen MR) is 231 cm³/mol. The molecule has 0 amide bonds. The Kier molecular flexibility index (Phi) is 7.48. The molecule has 0 bridgehead atoms. The van der Waals surface area contributed by atoms with Crippen LogP contribution >= 0.6 is 0 Å². The van der Waals surface area contributed by atoms with Crippen molar-refractivity contribution in [3.8, 4) is 78.5 Å². The minimum absolute atomic E-state index is 0.548.